The van der Waals surface area contributed by atoms with Gasteiger partial charge in [-0.15, -0.1) is 0 Å². The van der Waals surface area contributed by atoms with Crippen LogP contribution in [0.4, 0.5) is 13.2 Å². The highest BCUT2D eigenvalue weighted by molar-refractivity contribution is 5.34. The smallest absolute Gasteiger partial charge is 0.315 e. The second-order valence-electron chi connectivity index (χ2n) is 4.44. The van der Waals surface area contributed by atoms with Crippen LogP contribution in [0.3, 0.4) is 0 Å². The van der Waals surface area contributed by atoms with Crippen molar-refractivity contribution in [2.24, 2.45) is 0 Å². The molecule has 1 N–H and O–H groups in total. The minimum Gasteiger partial charge on any atom is -0.315 e. The van der Waals surface area contributed by atoms with Gasteiger partial charge in [-0.2, -0.15) is 13.2 Å². The lowest BCUT2D eigenvalue weighted by atomic mass is 10.00. The van der Waals surface area contributed by atoms with Crippen LogP contribution in [-0.2, 0) is 6.18 Å². The Kier molecular flexibility index (Phi) is 2.78. The highest BCUT2D eigenvalue weighted by Crippen LogP contribution is 2.28. The first-order valence-corrected chi connectivity index (χ1v) is 5.82. The van der Waals surface area contributed by atoms with Crippen molar-refractivity contribution in [1.29, 1.82) is 0 Å². The van der Waals surface area contributed by atoms with Gasteiger partial charge in [-0.1, -0.05) is 0 Å². The monoisotopic (exact) mass is 268 g/mol. The highest BCUT2D eigenvalue weighted by atomic mass is 19.4. The van der Waals surface area contributed by atoms with Crippen molar-refractivity contribution < 1.29 is 13.2 Å². The standard InChI is InChI=1S/C12H11F3N4/c13-12(14,15)11-2-1-9(5-18-11)19-7-17-6-10(19)8-3-16-4-8/h1-2,5-8,16H,3-4H2. The van der Waals surface area contributed by atoms with E-state index < -0.39 is 11.9 Å². The normalized spacial score (nSPS) is 16.4. The fraction of sp³-hybridized carbons (Fsp3) is 0.333. The van der Waals surface area contributed by atoms with Crippen LogP contribution >= 0.6 is 0 Å². The van der Waals surface area contributed by atoms with Gasteiger partial charge in [0.05, 0.1) is 18.2 Å². The van der Waals surface area contributed by atoms with E-state index in [0.717, 1.165) is 24.8 Å². The van der Waals surface area contributed by atoms with Crippen LogP contribution in [0.1, 0.15) is 17.3 Å². The van der Waals surface area contributed by atoms with Gasteiger partial charge in [-0.3, -0.25) is 0 Å². The SMILES string of the molecule is FC(F)(F)c1ccc(-n2cncc2C2CNC2)cn1. The summed E-state index contributed by atoms with van der Waals surface area (Å²) in [6.07, 6.45) is 0.148. The summed E-state index contributed by atoms with van der Waals surface area (Å²) < 4.78 is 39.1. The fourth-order valence-electron chi connectivity index (χ4n) is 2.02. The van der Waals surface area contributed by atoms with E-state index >= 15 is 0 Å². The third-order valence-corrected chi connectivity index (χ3v) is 3.18. The van der Waals surface area contributed by atoms with E-state index in [9.17, 15) is 13.2 Å². The molecule has 3 heterocycles. The maximum atomic E-state index is 12.4. The van der Waals surface area contributed by atoms with Crippen LogP contribution in [0.25, 0.3) is 5.69 Å². The molecule has 1 saturated heterocycles. The topological polar surface area (TPSA) is 42.7 Å². The summed E-state index contributed by atoms with van der Waals surface area (Å²) >= 11 is 0. The number of rotatable bonds is 2. The molecule has 1 aliphatic heterocycles. The van der Waals surface area contributed by atoms with Crippen LogP contribution in [0.5, 0.6) is 0 Å². The molecule has 0 unspecified atom stereocenters. The zero-order valence-corrected chi connectivity index (χ0v) is 9.85. The Hall–Kier alpha value is -1.89. The third-order valence-electron chi connectivity index (χ3n) is 3.18. The summed E-state index contributed by atoms with van der Waals surface area (Å²) in [4.78, 5) is 7.52. The molecule has 7 heteroatoms. The molecule has 0 saturated carbocycles. The van der Waals surface area contributed by atoms with Crippen molar-refractivity contribution in [3.8, 4) is 5.69 Å². The molecule has 2 aromatic rings. The minimum atomic E-state index is -4.41. The Balaban J connectivity index is 1.92. The Labute approximate surface area is 107 Å². The van der Waals surface area contributed by atoms with Crippen molar-refractivity contribution in [2.45, 2.75) is 12.1 Å². The summed E-state index contributed by atoms with van der Waals surface area (Å²) in [5.74, 6) is 0.352. The molecule has 19 heavy (non-hydrogen) atoms. The number of halogens is 3. The first-order valence-electron chi connectivity index (χ1n) is 5.82. The summed E-state index contributed by atoms with van der Waals surface area (Å²) in [6, 6.07) is 2.39. The number of nitrogens with zero attached hydrogens (tertiary/aromatic N) is 3. The highest BCUT2D eigenvalue weighted by Gasteiger charge is 2.32. The molecule has 0 bridgehead atoms. The van der Waals surface area contributed by atoms with E-state index in [4.69, 9.17) is 0 Å². The van der Waals surface area contributed by atoms with Gasteiger partial charge in [-0.25, -0.2) is 9.97 Å². The number of nitrogens with one attached hydrogen (secondary N) is 1. The van der Waals surface area contributed by atoms with Gasteiger partial charge in [0.2, 0.25) is 0 Å². The number of aromatic nitrogens is 3. The first kappa shape index (κ1) is 12.2. The Morgan fingerprint density at radius 1 is 1.21 bits per heavy atom. The molecule has 0 atom stereocenters. The second-order valence-corrected chi connectivity index (χ2v) is 4.44. The van der Waals surface area contributed by atoms with Gasteiger partial charge in [0.1, 0.15) is 5.69 Å². The molecule has 4 nitrogen and oxygen atoms in total. The van der Waals surface area contributed by atoms with E-state index in [1.165, 1.54) is 12.3 Å². The number of hydrogen-bond acceptors (Lipinski definition) is 3. The van der Waals surface area contributed by atoms with Gasteiger partial charge >= 0.3 is 6.18 Å². The lowest BCUT2D eigenvalue weighted by molar-refractivity contribution is -0.141. The molecular formula is C12H11F3N4. The molecule has 1 aliphatic rings. The van der Waals surface area contributed by atoms with E-state index in [1.54, 1.807) is 17.1 Å². The molecule has 0 aromatic carbocycles. The second kappa shape index (κ2) is 4.34. The lowest BCUT2D eigenvalue weighted by Gasteiger charge is -2.27. The summed E-state index contributed by atoms with van der Waals surface area (Å²) in [7, 11) is 0. The predicted molar refractivity (Wildman–Crippen MR) is 62.0 cm³/mol. The minimum absolute atomic E-state index is 0.352. The van der Waals surface area contributed by atoms with Gasteiger partial charge in [0, 0.05) is 30.9 Å². The molecule has 0 aliphatic carbocycles. The molecule has 2 aromatic heterocycles. The number of hydrogen-bond donors (Lipinski definition) is 1. The van der Waals surface area contributed by atoms with E-state index in [1.807, 2.05) is 0 Å². The molecule has 0 radical (unpaired) electrons. The van der Waals surface area contributed by atoms with Crippen molar-refractivity contribution in [3.63, 3.8) is 0 Å². The van der Waals surface area contributed by atoms with Gasteiger partial charge < -0.3 is 9.88 Å². The molecule has 0 spiro atoms. The molecule has 0 amide bonds. The van der Waals surface area contributed by atoms with Crippen LogP contribution < -0.4 is 5.32 Å². The average Bonchev–Trinajstić information content (AvgIpc) is 2.75. The first-order chi connectivity index (χ1) is 9.05. The summed E-state index contributed by atoms with van der Waals surface area (Å²) in [5, 5.41) is 3.15. The van der Waals surface area contributed by atoms with Gasteiger partial charge in [0.15, 0.2) is 0 Å². The Morgan fingerprint density at radius 3 is 2.53 bits per heavy atom. The molecular weight excluding hydrogens is 257 g/mol. The predicted octanol–water partition coefficient (Wildman–Crippen LogP) is 1.97. The maximum absolute atomic E-state index is 12.4. The van der Waals surface area contributed by atoms with Crippen molar-refractivity contribution in [3.05, 3.63) is 42.2 Å². The van der Waals surface area contributed by atoms with Gasteiger partial charge in [0.25, 0.3) is 0 Å². The zero-order valence-electron chi connectivity index (χ0n) is 9.85. The third kappa shape index (κ3) is 2.21. The van der Waals surface area contributed by atoms with E-state index in [2.05, 4.69) is 15.3 Å². The fourth-order valence-corrected chi connectivity index (χ4v) is 2.02. The van der Waals surface area contributed by atoms with Crippen molar-refractivity contribution >= 4 is 0 Å². The summed E-state index contributed by atoms with van der Waals surface area (Å²) in [6.45, 7) is 1.72. The number of pyridine rings is 1. The van der Waals surface area contributed by atoms with Crippen molar-refractivity contribution in [2.75, 3.05) is 13.1 Å². The molecule has 3 rings (SSSR count). The Morgan fingerprint density at radius 2 is 2.00 bits per heavy atom. The van der Waals surface area contributed by atoms with Crippen LogP contribution in [0, 0.1) is 0 Å². The van der Waals surface area contributed by atoms with Gasteiger partial charge in [-0.05, 0) is 12.1 Å². The zero-order chi connectivity index (χ0) is 13.5. The number of imidazole rings is 1. The van der Waals surface area contributed by atoms with Crippen LogP contribution in [-0.4, -0.2) is 27.6 Å². The van der Waals surface area contributed by atoms with Crippen LogP contribution in [0.15, 0.2) is 30.9 Å². The van der Waals surface area contributed by atoms with Crippen molar-refractivity contribution in [1.82, 2.24) is 19.9 Å². The molecule has 100 valence electrons. The maximum Gasteiger partial charge on any atom is 0.433 e. The average molecular weight is 268 g/mol. The number of alkyl halides is 3. The quantitative estimate of drug-likeness (QED) is 0.905. The Bertz CT molecular complexity index is 569. The summed E-state index contributed by atoms with van der Waals surface area (Å²) in [5.41, 5.74) is 0.691. The van der Waals surface area contributed by atoms with E-state index in [0.29, 0.717) is 11.6 Å². The molecule has 1 fully saturated rings. The lowest BCUT2D eigenvalue weighted by Crippen LogP contribution is -2.40. The van der Waals surface area contributed by atoms with Crippen LogP contribution in [0.2, 0.25) is 0 Å². The largest absolute Gasteiger partial charge is 0.433 e. The van der Waals surface area contributed by atoms with E-state index in [-0.39, 0.29) is 0 Å².